The van der Waals surface area contributed by atoms with E-state index in [1.807, 2.05) is 42.1 Å². The van der Waals surface area contributed by atoms with Crippen molar-refractivity contribution in [3.05, 3.63) is 48.0 Å². The van der Waals surface area contributed by atoms with E-state index in [-0.39, 0.29) is 21.7 Å². The molecule has 4 bridgehead atoms. The molecule has 4 fully saturated rings. The van der Waals surface area contributed by atoms with E-state index < -0.39 is 0 Å². The van der Waals surface area contributed by atoms with Gasteiger partial charge >= 0.3 is 0 Å². The highest BCUT2D eigenvalue weighted by Crippen LogP contribution is 2.65. The van der Waals surface area contributed by atoms with Crippen molar-refractivity contribution in [2.24, 2.45) is 24.3 Å². The first-order valence-electron chi connectivity index (χ1n) is 11.0. The number of hydrogen-bond acceptors (Lipinski definition) is 3. The zero-order valence-electron chi connectivity index (χ0n) is 17.7. The van der Waals surface area contributed by atoms with Crippen LogP contribution in [-0.2, 0) is 11.8 Å². The van der Waals surface area contributed by atoms with Gasteiger partial charge in [-0.2, -0.15) is 0 Å². The fraction of sp³-hybridized carbons (Fsp3) is 0.583. The van der Waals surface area contributed by atoms with E-state index in [1.54, 1.807) is 13.3 Å². The van der Waals surface area contributed by atoms with Gasteiger partial charge in [0.1, 0.15) is 17.6 Å². The molecule has 2 aromatic rings. The molecular weight excluding hydrogens is 442 g/mol. The maximum atomic E-state index is 13.4. The van der Waals surface area contributed by atoms with E-state index in [9.17, 15) is 4.79 Å². The number of rotatable bonds is 6. The first-order chi connectivity index (χ1) is 14.4. The summed E-state index contributed by atoms with van der Waals surface area (Å²) in [5.74, 6) is 3.30. The summed E-state index contributed by atoms with van der Waals surface area (Å²) in [6, 6.07) is 7.60. The van der Waals surface area contributed by atoms with Crippen LogP contribution in [0.25, 0.3) is 0 Å². The summed E-state index contributed by atoms with van der Waals surface area (Å²) in [5.41, 5.74) is 1.14. The Morgan fingerprint density at radius 2 is 2.10 bits per heavy atom. The molecule has 0 spiro atoms. The number of carbonyl (C=O) groups is 1. The van der Waals surface area contributed by atoms with Crippen LogP contribution in [0.1, 0.15) is 62.4 Å². The Morgan fingerprint density at radius 3 is 2.73 bits per heavy atom. The van der Waals surface area contributed by atoms with Gasteiger partial charge in [-0.1, -0.05) is 28.1 Å². The van der Waals surface area contributed by atoms with Crippen LogP contribution in [0.3, 0.4) is 0 Å². The molecule has 0 saturated heterocycles. The fourth-order valence-electron chi connectivity index (χ4n) is 6.87. The lowest BCUT2D eigenvalue weighted by molar-refractivity contribution is -0.128. The number of hydrogen-bond donors (Lipinski definition) is 1. The molecule has 160 valence electrons. The molecule has 1 amide bonds. The molecule has 3 atom stereocenters. The molecule has 6 rings (SSSR count). The minimum atomic E-state index is -0.292. The number of amides is 1. The van der Waals surface area contributed by atoms with Crippen molar-refractivity contribution in [2.45, 2.75) is 55.3 Å². The second kappa shape index (κ2) is 7.40. The predicted molar refractivity (Wildman–Crippen MR) is 120 cm³/mol. The molecular formula is C24H30BrN3O2. The van der Waals surface area contributed by atoms with Crippen LogP contribution in [0.4, 0.5) is 0 Å². The minimum Gasteiger partial charge on any atom is -0.497 e. The number of aryl methyl sites for hydroxylation is 1. The van der Waals surface area contributed by atoms with Crippen LogP contribution in [0.5, 0.6) is 5.75 Å². The van der Waals surface area contributed by atoms with Crippen molar-refractivity contribution in [3.8, 4) is 5.75 Å². The lowest BCUT2D eigenvalue weighted by atomic mass is 9.48. The van der Waals surface area contributed by atoms with Gasteiger partial charge in [0.2, 0.25) is 5.91 Å². The fourth-order valence-corrected chi connectivity index (χ4v) is 8.38. The summed E-state index contributed by atoms with van der Waals surface area (Å²) in [7, 11) is 3.63. The molecule has 6 heteroatoms. The van der Waals surface area contributed by atoms with E-state index in [0.29, 0.717) is 6.42 Å². The third kappa shape index (κ3) is 3.68. The van der Waals surface area contributed by atoms with Gasteiger partial charge in [-0.15, -0.1) is 0 Å². The zero-order chi connectivity index (χ0) is 20.9. The van der Waals surface area contributed by atoms with E-state index in [0.717, 1.165) is 35.4 Å². The van der Waals surface area contributed by atoms with Crippen molar-refractivity contribution < 1.29 is 9.53 Å². The van der Waals surface area contributed by atoms with Crippen molar-refractivity contribution in [2.75, 3.05) is 7.11 Å². The number of halogens is 1. The summed E-state index contributed by atoms with van der Waals surface area (Å²) in [6.45, 7) is 0. The first-order valence-corrected chi connectivity index (χ1v) is 11.8. The normalized spacial score (nSPS) is 32.8. The molecule has 4 aliphatic carbocycles. The van der Waals surface area contributed by atoms with Crippen molar-refractivity contribution in [1.82, 2.24) is 14.9 Å². The third-order valence-electron chi connectivity index (χ3n) is 7.50. The number of imidazole rings is 1. The molecule has 1 heterocycles. The van der Waals surface area contributed by atoms with Crippen molar-refractivity contribution in [1.29, 1.82) is 0 Å². The first kappa shape index (κ1) is 20.1. The number of nitrogens with zero attached hydrogens (tertiary/aromatic N) is 2. The summed E-state index contributed by atoms with van der Waals surface area (Å²) < 4.78 is 7.66. The number of aromatic nitrogens is 2. The van der Waals surface area contributed by atoms with E-state index in [4.69, 9.17) is 4.74 Å². The maximum Gasteiger partial charge on any atom is 0.221 e. The van der Waals surface area contributed by atoms with Crippen molar-refractivity contribution in [3.63, 3.8) is 0 Å². The van der Waals surface area contributed by atoms with E-state index in [1.165, 1.54) is 32.1 Å². The van der Waals surface area contributed by atoms with E-state index in [2.05, 4.69) is 26.2 Å². The number of carbonyl (C=O) groups excluding carboxylic acids is 1. The van der Waals surface area contributed by atoms with Gasteiger partial charge in [0, 0.05) is 30.2 Å². The zero-order valence-corrected chi connectivity index (χ0v) is 19.3. The van der Waals surface area contributed by atoms with Crippen LogP contribution in [0.2, 0.25) is 0 Å². The van der Waals surface area contributed by atoms with Crippen LogP contribution in [0, 0.1) is 17.3 Å². The average molecular weight is 472 g/mol. The smallest absolute Gasteiger partial charge is 0.221 e. The average Bonchev–Trinajstić information content (AvgIpc) is 3.09. The second-order valence-corrected chi connectivity index (χ2v) is 11.6. The second-order valence-electron chi connectivity index (χ2n) is 9.96. The standard InChI is InChI=1S/C24H30BrN3O2/c1-28-7-6-26-22(28)21(18-4-3-5-19(9-18)30-2)27-20(29)14-23-10-16-8-17(11-23)13-24(25,12-16)15-23/h3-7,9,16-17,21H,8,10-15H2,1-2H3,(H,27,29). The minimum absolute atomic E-state index is 0.129. The Labute approximate surface area is 186 Å². The summed E-state index contributed by atoms with van der Waals surface area (Å²) >= 11 is 4.07. The van der Waals surface area contributed by atoms with Crippen LogP contribution in [0.15, 0.2) is 36.7 Å². The predicted octanol–water partition coefficient (Wildman–Crippen LogP) is 4.76. The Bertz CT molecular complexity index is 941. The molecule has 3 unspecified atom stereocenters. The number of benzene rings is 1. The van der Waals surface area contributed by atoms with Crippen molar-refractivity contribution >= 4 is 21.8 Å². The summed E-state index contributed by atoms with van der Waals surface area (Å²) in [4.78, 5) is 17.9. The molecule has 4 saturated carbocycles. The molecule has 0 aliphatic heterocycles. The summed E-state index contributed by atoms with van der Waals surface area (Å²) in [5, 5.41) is 3.32. The van der Waals surface area contributed by atoms with Crippen LogP contribution in [-0.4, -0.2) is 26.9 Å². The maximum absolute atomic E-state index is 13.4. The van der Waals surface area contributed by atoms with Gasteiger partial charge in [-0.3, -0.25) is 4.79 Å². The Morgan fingerprint density at radius 1 is 1.33 bits per heavy atom. The SMILES string of the molecule is COc1cccc(C(NC(=O)CC23CC4CC(CC(Br)(C4)C2)C3)c2nccn2C)c1. The number of alkyl halides is 1. The lowest BCUT2D eigenvalue weighted by Gasteiger charge is -2.60. The molecule has 1 N–H and O–H groups in total. The Kier molecular flexibility index (Phi) is 4.96. The van der Waals surface area contributed by atoms with Crippen LogP contribution >= 0.6 is 15.9 Å². The topological polar surface area (TPSA) is 56.1 Å². The highest BCUT2D eigenvalue weighted by atomic mass is 79.9. The number of methoxy groups -OCH3 is 1. The van der Waals surface area contributed by atoms with Gasteiger partial charge in [-0.05, 0) is 73.5 Å². The number of nitrogens with one attached hydrogen (secondary N) is 1. The summed E-state index contributed by atoms with van der Waals surface area (Å²) in [6.07, 6.45) is 11.8. The Hall–Kier alpha value is -1.82. The highest BCUT2D eigenvalue weighted by molar-refractivity contribution is 9.10. The Balaban J connectivity index is 1.39. The molecule has 0 radical (unpaired) electrons. The lowest BCUT2D eigenvalue weighted by Crippen LogP contribution is -2.54. The molecule has 4 aliphatic rings. The van der Waals surface area contributed by atoms with Gasteiger partial charge in [-0.25, -0.2) is 4.98 Å². The third-order valence-corrected chi connectivity index (χ3v) is 8.42. The van der Waals surface area contributed by atoms with Gasteiger partial charge in [0.15, 0.2) is 0 Å². The van der Waals surface area contributed by atoms with E-state index >= 15 is 0 Å². The highest BCUT2D eigenvalue weighted by Gasteiger charge is 2.57. The quantitative estimate of drug-likeness (QED) is 0.617. The monoisotopic (exact) mass is 471 g/mol. The van der Waals surface area contributed by atoms with Gasteiger partial charge in [0.25, 0.3) is 0 Å². The van der Waals surface area contributed by atoms with Gasteiger partial charge < -0.3 is 14.6 Å². The van der Waals surface area contributed by atoms with Gasteiger partial charge in [0.05, 0.1) is 7.11 Å². The largest absolute Gasteiger partial charge is 0.497 e. The van der Waals surface area contributed by atoms with Crippen LogP contribution < -0.4 is 10.1 Å². The molecule has 1 aromatic heterocycles. The molecule has 5 nitrogen and oxygen atoms in total. The molecule has 1 aromatic carbocycles. The molecule has 30 heavy (non-hydrogen) atoms. The number of ether oxygens (including phenoxy) is 1.